The van der Waals surface area contributed by atoms with Crippen molar-refractivity contribution in [3.63, 3.8) is 0 Å². The zero-order chi connectivity index (χ0) is 13.9. The Labute approximate surface area is 106 Å². The van der Waals surface area contributed by atoms with Gasteiger partial charge in [-0.15, -0.1) is 11.3 Å². The molecular formula is C9H11N4O4S. The topological polar surface area (TPSA) is 139 Å². The lowest BCUT2D eigenvalue weighted by Crippen LogP contribution is -2.34. The van der Waals surface area contributed by atoms with Crippen molar-refractivity contribution in [3.8, 4) is 0 Å². The number of carboxylic acids is 1. The second-order valence-electron chi connectivity index (χ2n) is 3.75. The van der Waals surface area contributed by atoms with Crippen LogP contribution in [0.2, 0.25) is 0 Å². The molecule has 18 heavy (non-hydrogen) atoms. The van der Waals surface area contributed by atoms with E-state index in [2.05, 4.69) is 10.1 Å². The Hall–Kier alpha value is -2.16. The standard InChI is InChI=1S/C9H11N4O4S/c1-9(2,7(15)16)17-13-5(6(10)14)4-3-18-8(11)12-4/h3,10H,1-2H3,(H2,11,12)(H,15,16)/b13-5-. The third-order valence-electron chi connectivity index (χ3n) is 1.86. The smallest absolute Gasteiger partial charge is 0.350 e. The molecule has 1 amide bonds. The van der Waals surface area contributed by atoms with Crippen LogP contribution in [0.4, 0.5) is 5.13 Å². The highest BCUT2D eigenvalue weighted by atomic mass is 32.1. The number of hydrogen-bond acceptors (Lipinski definition) is 7. The monoisotopic (exact) mass is 271 g/mol. The molecule has 1 heterocycles. The van der Waals surface area contributed by atoms with E-state index in [1.54, 1.807) is 0 Å². The molecule has 0 unspecified atom stereocenters. The number of rotatable bonds is 5. The van der Waals surface area contributed by atoms with Gasteiger partial charge in [-0.3, -0.25) is 10.5 Å². The number of nitrogen functional groups attached to an aromatic ring is 1. The van der Waals surface area contributed by atoms with E-state index in [-0.39, 0.29) is 10.8 Å². The van der Waals surface area contributed by atoms with E-state index in [0.717, 1.165) is 11.3 Å². The van der Waals surface area contributed by atoms with Crippen molar-refractivity contribution in [1.82, 2.24) is 10.7 Å². The number of aromatic nitrogens is 1. The molecular weight excluding hydrogens is 260 g/mol. The van der Waals surface area contributed by atoms with Gasteiger partial charge >= 0.3 is 5.97 Å². The van der Waals surface area contributed by atoms with Crippen molar-refractivity contribution in [2.45, 2.75) is 19.4 Å². The molecule has 0 atom stereocenters. The summed E-state index contributed by atoms with van der Waals surface area (Å²) >= 11 is 1.07. The number of aliphatic carboxylic acids is 1. The van der Waals surface area contributed by atoms with Crippen LogP contribution >= 0.6 is 11.3 Å². The number of nitrogens with zero attached hydrogens (tertiary/aromatic N) is 2. The Morgan fingerprint density at radius 1 is 1.61 bits per heavy atom. The van der Waals surface area contributed by atoms with Crippen LogP contribution in [-0.2, 0) is 14.4 Å². The maximum Gasteiger partial charge on any atom is 0.350 e. The van der Waals surface area contributed by atoms with Crippen LogP contribution in [-0.4, -0.2) is 33.3 Å². The molecule has 0 saturated carbocycles. The van der Waals surface area contributed by atoms with Crippen LogP contribution in [0, 0.1) is 0 Å². The zero-order valence-electron chi connectivity index (χ0n) is 9.63. The first-order chi connectivity index (χ1) is 8.24. The Morgan fingerprint density at radius 3 is 2.61 bits per heavy atom. The Kier molecular flexibility index (Phi) is 3.86. The number of anilines is 1. The Bertz CT molecular complexity index is 508. The maximum atomic E-state index is 11.1. The van der Waals surface area contributed by atoms with Gasteiger partial charge in [0, 0.05) is 5.38 Å². The molecule has 0 aromatic carbocycles. The van der Waals surface area contributed by atoms with Crippen LogP contribution in [0.3, 0.4) is 0 Å². The highest BCUT2D eigenvalue weighted by Crippen LogP contribution is 2.14. The number of oxime groups is 1. The van der Waals surface area contributed by atoms with E-state index in [4.69, 9.17) is 21.4 Å². The first-order valence-corrected chi connectivity index (χ1v) is 5.59. The van der Waals surface area contributed by atoms with Crippen LogP contribution < -0.4 is 11.5 Å². The van der Waals surface area contributed by atoms with E-state index in [0.29, 0.717) is 0 Å². The summed E-state index contributed by atoms with van der Waals surface area (Å²) in [6, 6.07) is 0. The van der Waals surface area contributed by atoms with Crippen molar-refractivity contribution in [2.24, 2.45) is 5.16 Å². The third kappa shape index (κ3) is 3.17. The molecule has 1 radical (unpaired) electrons. The number of carboxylic acid groups (broad SMARTS) is 1. The van der Waals surface area contributed by atoms with Crippen LogP contribution in [0.1, 0.15) is 19.5 Å². The number of carbonyl (C=O) groups is 2. The van der Waals surface area contributed by atoms with Crippen molar-refractivity contribution >= 4 is 34.1 Å². The summed E-state index contributed by atoms with van der Waals surface area (Å²) in [6.07, 6.45) is 0. The van der Waals surface area contributed by atoms with E-state index >= 15 is 0 Å². The summed E-state index contributed by atoms with van der Waals surface area (Å²) in [6.45, 7) is 2.53. The fraction of sp³-hybridized carbons (Fsp3) is 0.333. The number of amides is 1. The van der Waals surface area contributed by atoms with Crippen molar-refractivity contribution in [1.29, 1.82) is 0 Å². The van der Waals surface area contributed by atoms with Gasteiger partial charge in [-0.1, -0.05) is 5.16 Å². The van der Waals surface area contributed by atoms with E-state index < -0.39 is 23.2 Å². The van der Waals surface area contributed by atoms with Crippen molar-refractivity contribution < 1.29 is 19.5 Å². The van der Waals surface area contributed by atoms with Crippen LogP contribution in [0.25, 0.3) is 0 Å². The minimum absolute atomic E-state index is 0.0821. The Balaban J connectivity index is 3.01. The lowest BCUT2D eigenvalue weighted by atomic mass is 10.1. The molecule has 9 heteroatoms. The normalized spacial score (nSPS) is 12.2. The molecule has 0 aliphatic carbocycles. The van der Waals surface area contributed by atoms with Gasteiger partial charge in [0.1, 0.15) is 5.69 Å². The minimum atomic E-state index is -1.61. The number of nitrogens with one attached hydrogen (secondary N) is 1. The van der Waals surface area contributed by atoms with Gasteiger partial charge in [-0.2, -0.15) is 0 Å². The average molecular weight is 271 g/mol. The maximum absolute atomic E-state index is 11.1. The van der Waals surface area contributed by atoms with E-state index in [1.165, 1.54) is 19.2 Å². The summed E-state index contributed by atoms with van der Waals surface area (Å²) in [5.74, 6) is -2.39. The van der Waals surface area contributed by atoms with Gasteiger partial charge in [0.05, 0.1) is 0 Å². The largest absolute Gasteiger partial charge is 0.478 e. The molecule has 1 aromatic rings. The molecule has 1 rings (SSSR count). The SMILES string of the molecule is CC(C)(O/N=C(\C([NH])=O)c1csc(N)n1)C(=O)O. The number of thiazole rings is 1. The molecule has 0 spiro atoms. The fourth-order valence-electron chi connectivity index (χ4n) is 0.800. The molecule has 0 saturated heterocycles. The van der Waals surface area contributed by atoms with E-state index in [9.17, 15) is 9.59 Å². The molecule has 0 fully saturated rings. The average Bonchev–Trinajstić information content (AvgIpc) is 2.64. The number of nitrogens with two attached hydrogens (primary N) is 1. The highest BCUT2D eigenvalue weighted by Gasteiger charge is 2.30. The van der Waals surface area contributed by atoms with Crippen LogP contribution in [0.15, 0.2) is 10.5 Å². The predicted octanol–water partition coefficient (Wildman–Crippen LogP) is 0.119. The van der Waals surface area contributed by atoms with Gasteiger partial charge in [0.15, 0.2) is 10.8 Å². The van der Waals surface area contributed by atoms with Crippen LogP contribution in [0.5, 0.6) is 0 Å². The third-order valence-corrected chi connectivity index (χ3v) is 2.53. The predicted molar refractivity (Wildman–Crippen MR) is 64.0 cm³/mol. The first-order valence-electron chi connectivity index (χ1n) is 4.71. The Morgan fingerprint density at radius 2 is 2.22 bits per heavy atom. The van der Waals surface area contributed by atoms with Gasteiger partial charge in [0.25, 0.3) is 5.91 Å². The molecule has 0 bridgehead atoms. The number of carbonyl (C=O) groups excluding carboxylic acids is 1. The first kappa shape index (κ1) is 13.9. The quantitative estimate of drug-likeness (QED) is 0.576. The summed E-state index contributed by atoms with van der Waals surface area (Å²) in [5.41, 5.74) is 10.5. The van der Waals surface area contributed by atoms with Crippen molar-refractivity contribution in [3.05, 3.63) is 11.1 Å². The van der Waals surface area contributed by atoms with E-state index in [1.807, 2.05) is 0 Å². The fourth-order valence-corrected chi connectivity index (χ4v) is 1.35. The molecule has 0 aliphatic rings. The lowest BCUT2D eigenvalue weighted by molar-refractivity contribution is -0.161. The number of hydrogen-bond donors (Lipinski definition) is 2. The van der Waals surface area contributed by atoms with Gasteiger partial charge in [-0.05, 0) is 13.8 Å². The summed E-state index contributed by atoms with van der Waals surface area (Å²) in [4.78, 5) is 30.4. The summed E-state index contributed by atoms with van der Waals surface area (Å²) in [7, 11) is 0. The van der Waals surface area contributed by atoms with Gasteiger partial charge < -0.3 is 15.7 Å². The second kappa shape index (κ2) is 5.00. The molecule has 8 nitrogen and oxygen atoms in total. The molecule has 97 valence electrons. The summed E-state index contributed by atoms with van der Waals surface area (Å²) in [5, 5.41) is 13.8. The second-order valence-corrected chi connectivity index (χ2v) is 4.64. The van der Waals surface area contributed by atoms with Crippen molar-refractivity contribution in [2.75, 3.05) is 5.73 Å². The molecule has 4 N–H and O–H groups in total. The zero-order valence-corrected chi connectivity index (χ0v) is 10.4. The van der Waals surface area contributed by atoms with Gasteiger partial charge in [-0.25, -0.2) is 9.78 Å². The van der Waals surface area contributed by atoms with Gasteiger partial charge in [0.2, 0.25) is 5.60 Å². The summed E-state index contributed by atoms with van der Waals surface area (Å²) < 4.78 is 0. The molecule has 0 aliphatic heterocycles. The minimum Gasteiger partial charge on any atom is -0.478 e. The molecule has 1 aromatic heterocycles. The highest BCUT2D eigenvalue weighted by molar-refractivity contribution is 7.13. The lowest BCUT2D eigenvalue weighted by Gasteiger charge is -2.16.